The number of benzene rings is 2. The van der Waals surface area contributed by atoms with Crippen LogP contribution in [0, 0.1) is 0 Å². The lowest BCUT2D eigenvalue weighted by Gasteiger charge is -2.25. The molecule has 0 radical (unpaired) electrons. The zero-order chi connectivity index (χ0) is 17.1. The Morgan fingerprint density at radius 2 is 1.75 bits per heavy atom. The second-order valence-corrected chi connectivity index (χ2v) is 5.75. The molecule has 0 saturated carbocycles. The molecular formula is C16H12Cl2N2O4. The summed E-state index contributed by atoms with van der Waals surface area (Å²) in [7, 11) is 0. The largest absolute Gasteiger partial charge is 0.485 e. The highest BCUT2D eigenvalue weighted by Gasteiger charge is 2.27. The van der Waals surface area contributed by atoms with Gasteiger partial charge in [0.2, 0.25) is 6.10 Å². The van der Waals surface area contributed by atoms with Gasteiger partial charge in [-0.25, -0.2) is 0 Å². The summed E-state index contributed by atoms with van der Waals surface area (Å²) in [6, 6.07) is 11.4. The van der Waals surface area contributed by atoms with Crippen LogP contribution in [-0.4, -0.2) is 24.5 Å². The van der Waals surface area contributed by atoms with Crippen molar-refractivity contribution < 1.29 is 19.1 Å². The molecule has 2 N–H and O–H groups in total. The lowest BCUT2D eigenvalue weighted by molar-refractivity contribution is -0.131. The molecule has 0 bridgehead atoms. The van der Waals surface area contributed by atoms with Gasteiger partial charge in [-0.05, 0) is 30.3 Å². The first kappa shape index (κ1) is 16.4. The van der Waals surface area contributed by atoms with Gasteiger partial charge in [0.15, 0.2) is 11.5 Å². The Labute approximate surface area is 147 Å². The third kappa shape index (κ3) is 3.55. The number of hydrogen-bond donors (Lipinski definition) is 2. The van der Waals surface area contributed by atoms with Crippen LogP contribution in [0.3, 0.4) is 0 Å². The summed E-state index contributed by atoms with van der Waals surface area (Å²) in [5, 5.41) is 0.583. The Morgan fingerprint density at radius 1 is 1.00 bits per heavy atom. The highest BCUT2D eigenvalue weighted by molar-refractivity contribution is 6.42. The summed E-state index contributed by atoms with van der Waals surface area (Å²) in [4.78, 5) is 24.1. The van der Waals surface area contributed by atoms with E-state index in [2.05, 4.69) is 10.9 Å². The van der Waals surface area contributed by atoms with Crippen molar-refractivity contribution in [3.8, 4) is 11.5 Å². The number of halogens is 2. The lowest BCUT2D eigenvalue weighted by Crippen LogP contribution is -2.50. The van der Waals surface area contributed by atoms with Gasteiger partial charge in [-0.3, -0.25) is 20.4 Å². The van der Waals surface area contributed by atoms with Crippen LogP contribution in [0.25, 0.3) is 0 Å². The van der Waals surface area contributed by atoms with Gasteiger partial charge in [0.25, 0.3) is 11.8 Å². The van der Waals surface area contributed by atoms with E-state index in [9.17, 15) is 9.59 Å². The minimum Gasteiger partial charge on any atom is -0.485 e. The molecule has 0 saturated heterocycles. The maximum atomic E-state index is 12.1. The van der Waals surface area contributed by atoms with E-state index >= 15 is 0 Å². The van der Waals surface area contributed by atoms with Crippen molar-refractivity contribution in [1.82, 2.24) is 10.9 Å². The smallest absolute Gasteiger partial charge is 0.283 e. The Bertz CT molecular complexity index is 797. The average Bonchev–Trinajstić information content (AvgIpc) is 2.61. The number of para-hydroxylation sites is 2. The molecule has 0 fully saturated rings. The Hall–Kier alpha value is -2.44. The number of carbonyl (C=O) groups excluding carboxylic acids is 2. The van der Waals surface area contributed by atoms with Crippen LogP contribution < -0.4 is 20.3 Å². The molecule has 1 aliphatic heterocycles. The van der Waals surface area contributed by atoms with Crippen LogP contribution in [-0.2, 0) is 4.79 Å². The topological polar surface area (TPSA) is 76.7 Å². The zero-order valence-electron chi connectivity index (χ0n) is 12.2. The Morgan fingerprint density at radius 3 is 2.50 bits per heavy atom. The summed E-state index contributed by atoms with van der Waals surface area (Å²) in [6.45, 7) is 0.0471. The van der Waals surface area contributed by atoms with Crippen molar-refractivity contribution in [3.63, 3.8) is 0 Å². The number of hydrogen-bond acceptors (Lipinski definition) is 4. The predicted molar refractivity (Wildman–Crippen MR) is 88.4 cm³/mol. The number of nitrogens with one attached hydrogen (secondary N) is 2. The molecule has 3 rings (SSSR count). The summed E-state index contributed by atoms with van der Waals surface area (Å²) in [5.41, 5.74) is 4.85. The maximum absolute atomic E-state index is 12.1. The highest BCUT2D eigenvalue weighted by atomic mass is 35.5. The van der Waals surface area contributed by atoms with Gasteiger partial charge in [0, 0.05) is 5.56 Å². The Kier molecular flexibility index (Phi) is 4.78. The number of fused-ring (bicyclic) bond motifs is 1. The summed E-state index contributed by atoms with van der Waals surface area (Å²) < 4.78 is 11.0. The zero-order valence-corrected chi connectivity index (χ0v) is 13.7. The van der Waals surface area contributed by atoms with E-state index in [0.717, 1.165) is 0 Å². The summed E-state index contributed by atoms with van der Waals surface area (Å²) in [6.07, 6.45) is -0.867. The van der Waals surface area contributed by atoms with Crippen molar-refractivity contribution in [1.29, 1.82) is 0 Å². The monoisotopic (exact) mass is 366 g/mol. The van der Waals surface area contributed by atoms with Gasteiger partial charge in [-0.2, -0.15) is 0 Å². The predicted octanol–water partition coefficient (Wildman–Crippen LogP) is 2.59. The Balaban J connectivity index is 1.58. The lowest BCUT2D eigenvalue weighted by atomic mass is 10.2. The van der Waals surface area contributed by atoms with Crippen LogP contribution in [0.15, 0.2) is 42.5 Å². The first-order valence-corrected chi connectivity index (χ1v) is 7.74. The van der Waals surface area contributed by atoms with Crippen LogP contribution in [0.1, 0.15) is 10.4 Å². The molecule has 0 aliphatic carbocycles. The van der Waals surface area contributed by atoms with Gasteiger partial charge < -0.3 is 9.47 Å². The van der Waals surface area contributed by atoms with Crippen LogP contribution >= 0.6 is 23.2 Å². The molecule has 1 unspecified atom stereocenters. The van der Waals surface area contributed by atoms with Crippen molar-refractivity contribution in [2.24, 2.45) is 0 Å². The fourth-order valence-corrected chi connectivity index (χ4v) is 2.36. The third-order valence-corrected chi connectivity index (χ3v) is 4.02. The maximum Gasteiger partial charge on any atom is 0.283 e. The quantitative estimate of drug-likeness (QED) is 0.800. The molecule has 1 heterocycles. The van der Waals surface area contributed by atoms with E-state index in [1.165, 1.54) is 18.2 Å². The average molecular weight is 367 g/mol. The van der Waals surface area contributed by atoms with E-state index in [-0.39, 0.29) is 17.2 Å². The van der Waals surface area contributed by atoms with Crippen molar-refractivity contribution in [3.05, 3.63) is 58.1 Å². The summed E-state index contributed by atoms with van der Waals surface area (Å²) >= 11 is 11.6. The van der Waals surface area contributed by atoms with Crippen molar-refractivity contribution >= 4 is 35.0 Å². The minimum atomic E-state index is -0.867. The van der Waals surface area contributed by atoms with Gasteiger partial charge in [-0.1, -0.05) is 35.3 Å². The molecule has 124 valence electrons. The normalized spacial score (nSPS) is 15.5. The molecule has 0 aromatic heterocycles. The van der Waals surface area contributed by atoms with Crippen molar-refractivity contribution in [2.75, 3.05) is 6.61 Å². The second kappa shape index (κ2) is 6.98. The number of rotatable bonds is 2. The van der Waals surface area contributed by atoms with E-state index < -0.39 is 17.9 Å². The summed E-state index contributed by atoms with van der Waals surface area (Å²) in [5.74, 6) is -0.0157. The van der Waals surface area contributed by atoms with Crippen LogP contribution in [0.5, 0.6) is 11.5 Å². The van der Waals surface area contributed by atoms with E-state index in [1.807, 2.05) is 0 Å². The van der Waals surface area contributed by atoms with Gasteiger partial charge >= 0.3 is 0 Å². The SMILES string of the molecule is O=C(NNC(=O)C1COc2ccccc2O1)c1ccc(Cl)c(Cl)c1. The molecule has 2 aromatic carbocycles. The molecule has 24 heavy (non-hydrogen) atoms. The first-order valence-electron chi connectivity index (χ1n) is 6.98. The van der Waals surface area contributed by atoms with Crippen molar-refractivity contribution in [2.45, 2.75) is 6.10 Å². The number of hydrazine groups is 1. The number of carbonyl (C=O) groups is 2. The van der Waals surface area contributed by atoms with Gasteiger partial charge in [-0.15, -0.1) is 0 Å². The van der Waals surface area contributed by atoms with Crippen LogP contribution in [0.4, 0.5) is 0 Å². The second-order valence-electron chi connectivity index (χ2n) is 4.94. The highest BCUT2D eigenvalue weighted by Crippen LogP contribution is 2.30. The molecular weight excluding hydrogens is 355 g/mol. The van der Waals surface area contributed by atoms with E-state index in [4.69, 9.17) is 32.7 Å². The van der Waals surface area contributed by atoms with E-state index in [0.29, 0.717) is 16.5 Å². The standard InChI is InChI=1S/C16H12Cl2N2O4/c17-10-6-5-9(7-11(10)18)15(21)19-20-16(22)14-8-23-12-3-1-2-4-13(12)24-14/h1-7,14H,8H2,(H,19,21)(H,20,22). The molecule has 2 aromatic rings. The number of amides is 2. The first-order chi connectivity index (χ1) is 11.5. The van der Waals surface area contributed by atoms with Crippen LogP contribution in [0.2, 0.25) is 10.0 Å². The van der Waals surface area contributed by atoms with Gasteiger partial charge in [0.05, 0.1) is 10.0 Å². The number of ether oxygens (including phenoxy) is 2. The third-order valence-electron chi connectivity index (χ3n) is 3.28. The minimum absolute atomic E-state index is 0.0471. The molecule has 0 spiro atoms. The fraction of sp³-hybridized carbons (Fsp3) is 0.125. The van der Waals surface area contributed by atoms with Gasteiger partial charge in [0.1, 0.15) is 6.61 Å². The molecule has 6 nitrogen and oxygen atoms in total. The fourth-order valence-electron chi connectivity index (χ4n) is 2.06. The molecule has 8 heteroatoms. The molecule has 1 atom stereocenters. The molecule has 2 amide bonds. The van der Waals surface area contributed by atoms with E-state index in [1.54, 1.807) is 24.3 Å². The molecule has 1 aliphatic rings.